The molecule has 1 saturated carbocycles. The summed E-state index contributed by atoms with van der Waals surface area (Å²) in [7, 11) is 0. The van der Waals surface area contributed by atoms with Crippen LogP contribution >= 0.6 is 0 Å². The van der Waals surface area contributed by atoms with Gasteiger partial charge in [0.25, 0.3) is 0 Å². The van der Waals surface area contributed by atoms with E-state index in [0.29, 0.717) is 6.42 Å². The van der Waals surface area contributed by atoms with Crippen molar-refractivity contribution in [3.05, 3.63) is 59.4 Å². The number of hydrogen-bond donors (Lipinski definition) is 0. The second-order valence-corrected chi connectivity index (χ2v) is 4.94. The van der Waals surface area contributed by atoms with Crippen LogP contribution in [0, 0.1) is 23.4 Å². The first-order valence-corrected chi connectivity index (χ1v) is 6.31. The van der Waals surface area contributed by atoms with Crippen LogP contribution < -0.4 is 0 Å². The normalized spacial score (nSPS) is 20.8. The highest BCUT2D eigenvalue weighted by atomic mass is 19.1. The summed E-state index contributed by atoms with van der Waals surface area (Å²) in [4.78, 5) is 10.8. The Morgan fingerprint density at radius 2 is 1.55 bits per heavy atom. The van der Waals surface area contributed by atoms with Gasteiger partial charge in [0, 0.05) is 5.92 Å². The summed E-state index contributed by atoms with van der Waals surface area (Å²) in [6.45, 7) is 0. The first-order valence-electron chi connectivity index (χ1n) is 6.31. The molecule has 20 heavy (non-hydrogen) atoms. The second kappa shape index (κ2) is 4.78. The Hall–Kier alpha value is -2.10. The molecule has 2 aromatic carbocycles. The lowest BCUT2D eigenvalue weighted by Gasteiger charge is -2.12. The van der Waals surface area contributed by atoms with Crippen molar-refractivity contribution in [3.8, 4) is 11.1 Å². The number of carbonyl (C=O) groups is 1. The number of carbonyl (C=O) groups excluding carboxylic acids is 1. The van der Waals surface area contributed by atoms with E-state index < -0.39 is 17.5 Å². The van der Waals surface area contributed by atoms with Gasteiger partial charge in [0.05, 0.1) is 5.56 Å². The van der Waals surface area contributed by atoms with Gasteiger partial charge in [0.15, 0.2) is 0 Å². The maximum absolute atomic E-state index is 14.0. The molecule has 0 saturated heterocycles. The third-order valence-electron chi connectivity index (χ3n) is 3.67. The molecule has 0 N–H and O–H groups in total. The Bertz CT molecular complexity index is 661. The van der Waals surface area contributed by atoms with Crippen LogP contribution in [0.3, 0.4) is 0 Å². The molecule has 0 aliphatic heterocycles. The van der Waals surface area contributed by atoms with Crippen LogP contribution in [-0.4, -0.2) is 6.29 Å². The average Bonchev–Trinajstić information content (AvgIpc) is 3.18. The minimum atomic E-state index is -0.736. The number of aldehydes is 1. The van der Waals surface area contributed by atoms with Gasteiger partial charge in [-0.2, -0.15) is 0 Å². The van der Waals surface area contributed by atoms with Gasteiger partial charge < -0.3 is 4.79 Å². The highest BCUT2D eigenvalue weighted by Crippen LogP contribution is 2.50. The number of halogens is 3. The van der Waals surface area contributed by atoms with Crippen molar-refractivity contribution >= 4 is 6.29 Å². The Morgan fingerprint density at radius 3 is 2.15 bits per heavy atom. The quantitative estimate of drug-likeness (QED) is 0.772. The van der Waals surface area contributed by atoms with E-state index in [1.165, 1.54) is 24.3 Å². The van der Waals surface area contributed by atoms with E-state index in [0.717, 1.165) is 18.4 Å². The fourth-order valence-electron chi connectivity index (χ4n) is 2.58. The molecule has 1 aliphatic rings. The highest BCUT2D eigenvalue weighted by molar-refractivity contribution is 5.72. The van der Waals surface area contributed by atoms with Crippen molar-refractivity contribution in [1.82, 2.24) is 0 Å². The van der Waals surface area contributed by atoms with E-state index in [9.17, 15) is 18.0 Å². The lowest BCUT2D eigenvalue weighted by atomic mass is 9.94. The van der Waals surface area contributed by atoms with Crippen LogP contribution in [0.5, 0.6) is 0 Å². The Balaban J connectivity index is 2.20. The molecule has 0 bridgehead atoms. The standard InChI is InChI=1S/C16H11F3O/c17-12-4-1-3-10(15(12)11-7-9(11)8-20)16-13(18)5-2-6-14(16)19/h1-6,8-9,11H,7H2. The second-order valence-electron chi connectivity index (χ2n) is 4.94. The largest absolute Gasteiger partial charge is 0.303 e. The van der Waals surface area contributed by atoms with Crippen molar-refractivity contribution in [3.63, 3.8) is 0 Å². The van der Waals surface area contributed by atoms with Crippen molar-refractivity contribution in [1.29, 1.82) is 0 Å². The van der Waals surface area contributed by atoms with Crippen LogP contribution in [0.1, 0.15) is 17.9 Å². The summed E-state index contributed by atoms with van der Waals surface area (Å²) in [5, 5.41) is 0. The van der Waals surface area contributed by atoms with E-state index in [4.69, 9.17) is 0 Å². The van der Waals surface area contributed by atoms with E-state index in [1.54, 1.807) is 0 Å². The SMILES string of the molecule is O=CC1CC1c1c(F)cccc1-c1c(F)cccc1F. The Morgan fingerprint density at radius 1 is 0.950 bits per heavy atom. The lowest BCUT2D eigenvalue weighted by Crippen LogP contribution is -1.98. The topological polar surface area (TPSA) is 17.1 Å². The van der Waals surface area contributed by atoms with Gasteiger partial charge in [0.1, 0.15) is 23.7 Å². The molecule has 0 aromatic heterocycles. The van der Waals surface area contributed by atoms with Crippen LogP contribution in [0.25, 0.3) is 11.1 Å². The summed E-state index contributed by atoms with van der Waals surface area (Å²) < 4.78 is 41.8. The van der Waals surface area contributed by atoms with Gasteiger partial charge in [-0.1, -0.05) is 18.2 Å². The van der Waals surface area contributed by atoms with Crippen molar-refractivity contribution in [2.24, 2.45) is 5.92 Å². The van der Waals surface area contributed by atoms with Crippen LogP contribution in [0.4, 0.5) is 13.2 Å². The summed E-state index contributed by atoms with van der Waals surface area (Å²) in [5.41, 5.74) is 0.182. The lowest BCUT2D eigenvalue weighted by molar-refractivity contribution is -0.108. The predicted molar refractivity (Wildman–Crippen MR) is 68.7 cm³/mol. The predicted octanol–water partition coefficient (Wildman–Crippen LogP) is 4.07. The minimum absolute atomic E-state index is 0.190. The molecule has 2 unspecified atom stereocenters. The monoisotopic (exact) mass is 276 g/mol. The molecule has 0 radical (unpaired) electrons. The Kier molecular flexibility index (Phi) is 3.08. The zero-order valence-electron chi connectivity index (χ0n) is 10.4. The van der Waals surface area contributed by atoms with Crippen molar-refractivity contribution in [2.45, 2.75) is 12.3 Å². The molecule has 0 spiro atoms. The van der Waals surface area contributed by atoms with Crippen molar-refractivity contribution in [2.75, 3.05) is 0 Å². The third-order valence-corrected chi connectivity index (χ3v) is 3.67. The number of benzene rings is 2. The molecule has 0 heterocycles. The summed E-state index contributed by atoms with van der Waals surface area (Å²) in [5.74, 6) is -2.55. The molecular formula is C16H11F3O. The number of rotatable bonds is 3. The van der Waals surface area contributed by atoms with E-state index in [2.05, 4.69) is 0 Å². The first-order chi connectivity index (χ1) is 9.63. The van der Waals surface area contributed by atoms with E-state index in [1.807, 2.05) is 0 Å². The zero-order valence-corrected chi connectivity index (χ0v) is 10.4. The highest BCUT2D eigenvalue weighted by Gasteiger charge is 2.41. The Labute approximate surface area is 114 Å². The summed E-state index contributed by atoms with van der Waals surface area (Å²) in [6, 6.07) is 7.68. The van der Waals surface area contributed by atoms with Crippen LogP contribution in [0.2, 0.25) is 0 Å². The zero-order chi connectivity index (χ0) is 14.3. The van der Waals surface area contributed by atoms with Gasteiger partial charge in [-0.15, -0.1) is 0 Å². The van der Waals surface area contributed by atoms with Gasteiger partial charge in [-0.05, 0) is 41.7 Å². The summed E-state index contributed by atoms with van der Waals surface area (Å²) in [6.07, 6.45) is 1.28. The first kappa shape index (κ1) is 12.9. The minimum Gasteiger partial charge on any atom is -0.303 e. The number of hydrogen-bond acceptors (Lipinski definition) is 1. The molecule has 4 heteroatoms. The fourth-order valence-corrected chi connectivity index (χ4v) is 2.58. The molecule has 3 rings (SSSR count). The van der Waals surface area contributed by atoms with Gasteiger partial charge >= 0.3 is 0 Å². The molecule has 2 atom stereocenters. The maximum atomic E-state index is 14.0. The van der Waals surface area contributed by atoms with Gasteiger partial charge in [0.2, 0.25) is 0 Å². The van der Waals surface area contributed by atoms with E-state index >= 15 is 0 Å². The molecule has 1 fully saturated rings. The average molecular weight is 276 g/mol. The molecule has 0 amide bonds. The smallest absolute Gasteiger partial charge is 0.133 e. The third kappa shape index (κ3) is 2.01. The van der Waals surface area contributed by atoms with Crippen molar-refractivity contribution < 1.29 is 18.0 Å². The van der Waals surface area contributed by atoms with E-state index in [-0.39, 0.29) is 28.5 Å². The molecule has 102 valence electrons. The van der Waals surface area contributed by atoms with Crippen LogP contribution in [-0.2, 0) is 4.79 Å². The van der Waals surface area contributed by atoms with Gasteiger partial charge in [-0.25, -0.2) is 13.2 Å². The summed E-state index contributed by atoms with van der Waals surface area (Å²) >= 11 is 0. The molecular weight excluding hydrogens is 265 g/mol. The van der Waals surface area contributed by atoms with Gasteiger partial charge in [-0.3, -0.25) is 0 Å². The molecule has 1 nitrogen and oxygen atoms in total. The maximum Gasteiger partial charge on any atom is 0.133 e. The molecule has 2 aromatic rings. The fraction of sp³-hybridized carbons (Fsp3) is 0.188. The molecule has 1 aliphatic carbocycles. The van der Waals surface area contributed by atoms with Crippen LogP contribution in [0.15, 0.2) is 36.4 Å².